The van der Waals surface area contributed by atoms with Crippen molar-refractivity contribution in [3.05, 3.63) is 64.7 Å². The van der Waals surface area contributed by atoms with Crippen LogP contribution in [0.5, 0.6) is 0 Å². The molecule has 0 amide bonds. The van der Waals surface area contributed by atoms with Crippen molar-refractivity contribution in [1.82, 2.24) is 10.3 Å². The maximum atomic E-state index is 4.66. The smallest absolute Gasteiger partial charge is 0.0951 e. The van der Waals surface area contributed by atoms with Crippen LogP contribution < -0.4 is 5.32 Å². The molecule has 1 N–H and O–H groups in total. The molecule has 21 heavy (non-hydrogen) atoms. The van der Waals surface area contributed by atoms with Gasteiger partial charge >= 0.3 is 0 Å². The highest BCUT2D eigenvalue weighted by molar-refractivity contribution is 7.18. The van der Waals surface area contributed by atoms with E-state index in [2.05, 4.69) is 59.7 Å². The lowest BCUT2D eigenvalue weighted by molar-refractivity contribution is 0.685. The third kappa shape index (κ3) is 3.69. The van der Waals surface area contributed by atoms with Gasteiger partial charge in [0, 0.05) is 19.5 Å². The second-order valence-electron chi connectivity index (χ2n) is 5.17. The molecule has 2 aromatic carbocycles. The van der Waals surface area contributed by atoms with Crippen LogP contribution >= 0.6 is 11.3 Å². The van der Waals surface area contributed by atoms with Gasteiger partial charge in [-0.05, 0) is 29.7 Å². The predicted octanol–water partition coefficient (Wildman–Crippen LogP) is 4.19. The molecule has 0 spiro atoms. The number of rotatable bonds is 6. The minimum Gasteiger partial charge on any atom is -0.312 e. The monoisotopic (exact) mass is 296 g/mol. The summed E-state index contributed by atoms with van der Waals surface area (Å²) in [7, 11) is 0. The summed E-state index contributed by atoms with van der Waals surface area (Å²) in [6, 6.07) is 17.2. The normalized spacial score (nSPS) is 11.1. The summed E-state index contributed by atoms with van der Waals surface area (Å²) in [6.45, 7) is 4.08. The maximum absolute atomic E-state index is 4.66. The van der Waals surface area contributed by atoms with Gasteiger partial charge in [0.15, 0.2) is 0 Å². The number of aromatic nitrogens is 1. The Morgan fingerprint density at radius 1 is 1.00 bits per heavy atom. The molecule has 0 atom stereocenters. The van der Waals surface area contributed by atoms with Crippen molar-refractivity contribution in [3.8, 4) is 0 Å². The molecular formula is C18H20N2S. The number of thiazole rings is 1. The number of nitrogens with zero attached hydrogens (tertiary/aromatic N) is 1. The second-order valence-corrected chi connectivity index (χ2v) is 6.29. The Balaban J connectivity index is 1.49. The first kappa shape index (κ1) is 14.2. The van der Waals surface area contributed by atoms with Gasteiger partial charge in [0.1, 0.15) is 0 Å². The molecule has 0 aliphatic heterocycles. The Morgan fingerprint density at radius 2 is 1.76 bits per heavy atom. The number of fused-ring (bicyclic) bond motifs is 1. The zero-order valence-electron chi connectivity index (χ0n) is 12.3. The molecule has 0 saturated heterocycles. The lowest BCUT2D eigenvalue weighted by Crippen LogP contribution is -2.16. The molecule has 1 aromatic heterocycles. The third-order valence-corrected chi connectivity index (χ3v) is 4.71. The van der Waals surface area contributed by atoms with Crippen LogP contribution in [0, 0.1) is 0 Å². The standard InChI is InChI=1S/C18H20N2S/c1-2-14-7-9-15(10-8-14)13-19-12-11-18-20-16-5-3-4-6-17(16)21-18/h3-10,19H,2,11-13H2,1H3. The van der Waals surface area contributed by atoms with Crippen molar-refractivity contribution in [3.63, 3.8) is 0 Å². The lowest BCUT2D eigenvalue weighted by Gasteiger charge is -2.04. The van der Waals surface area contributed by atoms with Gasteiger partial charge in [-0.3, -0.25) is 0 Å². The fourth-order valence-electron chi connectivity index (χ4n) is 2.35. The second kappa shape index (κ2) is 6.83. The number of aryl methyl sites for hydroxylation is 1. The molecule has 1 heterocycles. The maximum Gasteiger partial charge on any atom is 0.0951 e. The van der Waals surface area contributed by atoms with Gasteiger partial charge in [-0.25, -0.2) is 4.98 Å². The molecular weight excluding hydrogens is 276 g/mol. The number of para-hydroxylation sites is 1. The van der Waals surface area contributed by atoms with E-state index < -0.39 is 0 Å². The first-order chi connectivity index (χ1) is 10.3. The Morgan fingerprint density at radius 3 is 2.52 bits per heavy atom. The van der Waals surface area contributed by atoms with E-state index in [4.69, 9.17) is 0 Å². The summed E-state index contributed by atoms with van der Waals surface area (Å²) >= 11 is 1.80. The van der Waals surface area contributed by atoms with E-state index in [0.29, 0.717) is 0 Å². The molecule has 3 aromatic rings. The van der Waals surface area contributed by atoms with Crippen LogP contribution in [-0.4, -0.2) is 11.5 Å². The molecule has 3 rings (SSSR count). The lowest BCUT2D eigenvalue weighted by atomic mass is 10.1. The van der Waals surface area contributed by atoms with E-state index >= 15 is 0 Å². The summed E-state index contributed by atoms with van der Waals surface area (Å²) in [4.78, 5) is 4.66. The van der Waals surface area contributed by atoms with Crippen molar-refractivity contribution < 1.29 is 0 Å². The van der Waals surface area contributed by atoms with Gasteiger partial charge in [0.05, 0.1) is 15.2 Å². The quantitative estimate of drug-likeness (QED) is 0.690. The van der Waals surface area contributed by atoms with Crippen molar-refractivity contribution in [1.29, 1.82) is 0 Å². The number of hydrogen-bond acceptors (Lipinski definition) is 3. The Kier molecular flexibility index (Phi) is 4.63. The van der Waals surface area contributed by atoms with Crippen molar-refractivity contribution in [2.24, 2.45) is 0 Å². The van der Waals surface area contributed by atoms with Gasteiger partial charge in [0.25, 0.3) is 0 Å². The van der Waals surface area contributed by atoms with Crippen LogP contribution in [0.4, 0.5) is 0 Å². The molecule has 0 saturated carbocycles. The number of nitrogens with one attached hydrogen (secondary N) is 1. The van der Waals surface area contributed by atoms with Crippen molar-refractivity contribution in [2.45, 2.75) is 26.3 Å². The van der Waals surface area contributed by atoms with Gasteiger partial charge in [-0.15, -0.1) is 11.3 Å². The van der Waals surface area contributed by atoms with Gasteiger partial charge in [-0.2, -0.15) is 0 Å². The van der Waals surface area contributed by atoms with Crippen molar-refractivity contribution >= 4 is 21.6 Å². The molecule has 0 radical (unpaired) electrons. The fourth-order valence-corrected chi connectivity index (χ4v) is 3.31. The highest BCUT2D eigenvalue weighted by Crippen LogP contribution is 2.21. The minimum atomic E-state index is 0.925. The van der Waals surface area contributed by atoms with E-state index in [-0.39, 0.29) is 0 Å². The van der Waals surface area contributed by atoms with Crippen molar-refractivity contribution in [2.75, 3.05) is 6.54 Å². The zero-order chi connectivity index (χ0) is 14.5. The molecule has 0 aliphatic carbocycles. The SMILES string of the molecule is CCc1ccc(CNCCc2nc3ccccc3s2)cc1. The van der Waals surface area contributed by atoms with Crippen LogP contribution in [-0.2, 0) is 19.4 Å². The van der Waals surface area contributed by atoms with E-state index in [1.165, 1.54) is 20.8 Å². The summed E-state index contributed by atoms with van der Waals surface area (Å²) in [5.41, 5.74) is 3.86. The topological polar surface area (TPSA) is 24.9 Å². The predicted molar refractivity (Wildman–Crippen MR) is 90.9 cm³/mol. The molecule has 108 valence electrons. The Hall–Kier alpha value is -1.71. The van der Waals surface area contributed by atoms with Gasteiger partial charge in [-0.1, -0.05) is 43.3 Å². The third-order valence-electron chi connectivity index (χ3n) is 3.61. The first-order valence-electron chi connectivity index (χ1n) is 7.48. The van der Waals surface area contributed by atoms with Crippen LogP contribution in [0.3, 0.4) is 0 Å². The number of benzene rings is 2. The average Bonchev–Trinajstić information content (AvgIpc) is 2.95. The summed E-state index contributed by atoms with van der Waals surface area (Å²) < 4.78 is 1.28. The summed E-state index contributed by atoms with van der Waals surface area (Å²) in [6.07, 6.45) is 2.09. The first-order valence-corrected chi connectivity index (χ1v) is 8.30. The van der Waals surface area contributed by atoms with E-state index in [1.807, 2.05) is 6.07 Å². The molecule has 0 unspecified atom stereocenters. The van der Waals surface area contributed by atoms with E-state index in [1.54, 1.807) is 11.3 Å². The molecule has 0 fully saturated rings. The minimum absolute atomic E-state index is 0.925. The Bertz CT molecular complexity index is 668. The molecule has 0 bridgehead atoms. The summed E-state index contributed by atoms with van der Waals surface area (Å²) in [5, 5.41) is 4.71. The molecule has 0 aliphatic rings. The van der Waals surface area contributed by atoms with Crippen LogP contribution in [0.2, 0.25) is 0 Å². The largest absolute Gasteiger partial charge is 0.312 e. The van der Waals surface area contributed by atoms with Crippen LogP contribution in [0.1, 0.15) is 23.1 Å². The fraction of sp³-hybridized carbons (Fsp3) is 0.278. The highest BCUT2D eigenvalue weighted by Gasteiger charge is 2.02. The summed E-state index contributed by atoms with van der Waals surface area (Å²) in [5.74, 6) is 0. The molecule has 2 nitrogen and oxygen atoms in total. The Labute approximate surface area is 129 Å². The van der Waals surface area contributed by atoms with E-state index in [9.17, 15) is 0 Å². The number of hydrogen-bond donors (Lipinski definition) is 1. The van der Waals surface area contributed by atoms with Crippen LogP contribution in [0.15, 0.2) is 48.5 Å². The highest BCUT2D eigenvalue weighted by atomic mass is 32.1. The van der Waals surface area contributed by atoms with Gasteiger partial charge < -0.3 is 5.32 Å². The zero-order valence-corrected chi connectivity index (χ0v) is 13.1. The van der Waals surface area contributed by atoms with E-state index in [0.717, 1.165) is 31.4 Å². The molecule has 3 heteroatoms. The average molecular weight is 296 g/mol. The van der Waals surface area contributed by atoms with Crippen LogP contribution in [0.25, 0.3) is 10.2 Å². The van der Waals surface area contributed by atoms with Gasteiger partial charge in [0.2, 0.25) is 0 Å².